The fourth-order valence-electron chi connectivity index (χ4n) is 1.05. The molecule has 3 amide bonds. The second-order valence-electron chi connectivity index (χ2n) is 3.72. The Morgan fingerprint density at radius 1 is 1.21 bits per heavy atom. The fraction of sp³-hybridized carbons (Fsp3) is 0.600. The van der Waals surface area contributed by atoms with E-state index in [-0.39, 0.29) is 12.5 Å². The van der Waals surface area contributed by atoms with Crippen molar-refractivity contribution in [3.63, 3.8) is 0 Å². The van der Waals surface area contributed by atoms with Gasteiger partial charge >= 0.3 is 18.0 Å². The van der Waals surface area contributed by atoms with E-state index in [1.165, 1.54) is 4.90 Å². The van der Waals surface area contributed by atoms with E-state index in [1.54, 1.807) is 14.0 Å². The van der Waals surface area contributed by atoms with Gasteiger partial charge in [0, 0.05) is 13.6 Å². The van der Waals surface area contributed by atoms with Crippen LogP contribution < -0.4 is 10.6 Å². The lowest BCUT2D eigenvalue weighted by Gasteiger charge is -2.16. The number of rotatable bonds is 7. The van der Waals surface area contributed by atoms with Crippen LogP contribution in [0.3, 0.4) is 0 Å². The normalized spacial score (nSPS) is 11.3. The predicted molar refractivity (Wildman–Crippen MR) is 63.5 cm³/mol. The van der Waals surface area contributed by atoms with Gasteiger partial charge in [-0.2, -0.15) is 0 Å². The molecule has 19 heavy (non-hydrogen) atoms. The first-order valence-corrected chi connectivity index (χ1v) is 5.50. The average molecular weight is 275 g/mol. The van der Waals surface area contributed by atoms with Crippen molar-refractivity contribution in [1.29, 1.82) is 0 Å². The summed E-state index contributed by atoms with van der Waals surface area (Å²) in [6.45, 7) is 1.93. The highest BCUT2D eigenvalue weighted by Crippen LogP contribution is 1.92. The highest BCUT2D eigenvalue weighted by Gasteiger charge is 2.23. The van der Waals surface area contributed by atoms with E-state index < -0.39 is 30.4 Å². The molecule has 0 heterocycles. The number of amides is 3. The Labute approximate surface area is 109 Å². The minimum Gasteiger partial charge on any atom is -0.481 e. The van der Waals surface area contributed by atoms with E-state index in [2.05, 4.69) is 5.32 Å². The van der Waals surface area contributed by atoms with E-state index >= 15 is 0 Å². The molecule has 0 rings (SSSR count). The third-order valence-electron chi connectivity index (χ3n) is 2.28. The van der Waals surface area contributed by atoms with Crippen LogP contribution in [0.15, 0.2) is 0 Å². The van der Waals surface area contributed by atoms with Gasteiger partial charge in [-0.05, 0) is 6.92 Å². The molecule has 0 aliphatic carbocycles. The fourth-order valence-corrected chi connectivity index (χ4v) is 1.05. The van der Waals surface area contributed by atoms with E-state index in [1.807, 2.05) is 5.32 Å². The number of likely N-dealkylation sites (N-methyl/N-ethyl adjacent to an activating group) is 1. The molecule has 0 aromatic rings. The van der Waals surface area contributed by atoms with Crippen LogP contribution in [-0.4, -0.2) is 65.2 Å². The zero-order valence-corrected chi connectivity index (χ0v) is 10.7. The van der Waals surface area contributed by atoms with Crippen molar-refractivity contribution < 1.29 is 29.4 Å². The lowest BCUT2D eigenvalue weighted by Crippen LogP contribution is -2.49. The molecule has 9 nitrogen and oxygen atoms in total. The molecule has 0 bridgehead atoms. The Kier molecular flexibility index (Phi) is 6.94. The van der Waals surface area contributed by atoms with Gasteiger partial charge in [0.15, 0.2) is 0 Å². The minimum atomic E-state index is -1.54. The highest BCUT2D eigenvalue weighted by atomic mass is 16.4. The van der Waals surface area contributed by atoms with E-state index in [0.29, 0.717) is 6.54 Å². The third kappa shape index (κ3) is 6.86. The maximum Gasteiger partial charge on any atom is 0.326 e. The molecule has 0 aromatic heterocycles. The molecule has 0 unspecified atom stereocenters. The summed E-state index contributed by atoms with van der Waals surface area (Å²) in [4.78, 5) is 45.1. The van der Waals surface area contributed by atoms with Crippen LogP contribution in [0, 0.1) is 0 Å². The van der Waals surface area contributed by atoms with Crippen LogP contribution in [-0.2, 0) is 14.4 Å². The number of carboxylic acid groups (broad SMARTS) is 2. The number of carbonyl (C=O) groups is 4. The van der Waals surface area contributed by atoms with Gasteiger partial charge in [0.05, 0.1) is 13.0 Å². The zero-order valence-electron chi connectivity index (χ0n) is 10.7. The van der Waals surface area contributed by atoms with Crippen LogP contribution in [0.2, 0.25) is 0 Å². The summed E-state index contributed by atoms with van der Waals surface area (Å²) in [7, 11) is 1.55. The van der Waals surface area contributed by atoms with Crippen LogP contribution in [0.5, 0.6) is 0 Å². The van der Waals surface area contributed by atoms with Gasteiger partial charge in [-0.1, -0.05) is 0 Å². The largest absolute Gasteiger partial charge is 0.481 e. The maximum absolute atomic E-state index is 11.3. The van der Waals surface area contributed by atoms with Crippen molar-refractivity contribution in [2.24, 2.45) is 0 Å². The molecule has 0 aromatic carbocycles. The van der Waals surface area contributed by atoms with Gasteiger partial charge in [-0.15, -0.1) is 0 Å². The number of carbonyl (C=O) groups excluding carboxylic acids is 2. The van der Waals surface area contributed by atoms with Gasteiger partial charge in [-0.25, -0.2) is 9.59 Å². The average Bonchev–Trinajstić information content (AvgIpc) is 2.33. The molecule has 0 fully saturated rings. The Balaban J connectivity index is 4.24. The second kappa shape index (κ2) is 7.90. The van der Waals surface area contributed by atoms with E-state index in [4.69, 9.17) is 10.2 Å². The van der Waals surface area contributed by atoms with E-state index in [9.17, 15) is 19.2 Å². The number of carboxylic acids is 2. The van der Waals surface area contributed by atoms with Crippen molar-refractivity contribution >= 4 is 23.9 Å². The number of urea groups is 1. The van der Waals surface area contributed by atoms with Crippen molar-refractivity contribution in [3.05, 3.63) is 0 Å². The number of nitrogens with one attached hydrogen (secondary N) is 2. The molecule has 0 aliphatic rings. The molecule has 1 atom stereocenters. The summed E-state index contributed by atoms with van der Waals surface area (Å²) < 4.78 is 0. The van der Waals surface area contributed by atoms with Gasteiger partial charge in [0.2, 0.25) is 5.91 Å². The molecule has 9 heteroatoms. The quantitative estimate of drug-likeness (QED) is 0.455. The Bertz CT molecular complexity index is 370. The third-order valence-corrected chi connectivity index (χ3v) is 2.28. The Morgan fingerprint density at radius 2 is 1.79 bits per heavy atom. The molecule has 0 spiro atoms. The molecular weight excluding hydrogens is 258 g/mol. The zero-order chi connectivity index (χ0) is 15.0. The predicted octanol–water partition coefficient (Wildman–Crippen LogP) is -1.31. The number of hydrogen-bond donors (Lipinski definition) is 4. The molecular formula is C10H17N3O6. The van der Waals surface area contributed by atoms with Crippen molar-refractivity contribution in [2.75, 3.05) is 20.1 Å². The van der Waals surface area contributed by atoms with Crippen LogP contribution in [0.25, 0.3) is 0 Å². The molecule has 0 saturated heterocycles. The van der Waals surface area contributed by atoms with Crippen molar-refractivity contribution in [1.82, 2.24) is 15.5 Å². The smallest absolute Gasteiger partial charge is 0.326 e. The standard InChI is InChI=1S/C10H17N3O6/c1-3-13(2)7(14)5-11-10(19)12-6(9(17)18)4-8(15)16/h6H,3-5H2,1-2H3,(H,15,16)(H,17,18)(H2,11,12,19)/t6-/m0/s1. The van der Waals surface area contributed by atoms with Gasteiger partial charge in [0.25, 0.3) is 0 Å². The second-order valence-corrected chi connectivity index (χ2v) is 3.72. The number of hydrogen-bond acceptors (Lipinski definition) is 4. The summed E-state index contributed by atoms with van der Waals surface area (Å²) in [5.41, 5.74) is 0. The van der Waals surface area contributed by atoms with Crippen LogP contribution >= 0.6 is 0 Å². The first kappa shape index (κ1) is 16.7. The Morgan fingerprint density at radius 3 is 2.21 bits per heavy atom. The summed E-state index contributed by atoms with van der Waals surface area (Å²) in [5, 5.41) is 21.3. The maximum atomic E-state index is 11.3. The summed E-state index contributed by atoms with van der Waals surface area (Å²) in [6.07, 6.45) is -0.744. The number of aliphatic carboxylic acids is 2. The Hall–Kier alpha value is -2.32. The molecule has 0 radical (unpaired) electrons. The highest BCUT2D eigenvalue weighted by molar-refractivity contribution is 5.88. The van der Waals surface area contributed by atoms with Crippen molar-refractivity contribution in [2.45, 2.75) is 19.4 Å². The van der Waals surface area contributed by atoms with Crippen LogP contribution in [0.4, 0.5) is 4.79 Å². The van der Waals surface area contributed by atoms with Crippen molar-refractivity contribution in [3.8, 4) is 0 Å². The van der Waals surface area contributed by atoms with Gasteiger partial charge < -0.3 is 25.7 Å². The molecule has 0 saturated carbocycles. The monoisotopic (exact) mass is 275 g/mol. The summed E-state index contributed by atoms with van der Waals surface area (Å²) >= 11 is 0. The van der Waals surface area contributed by atoms with E-state index in [0.717, 1.165) is 0 Å². The molecule has 108 valence electrons. The topological polar surface area (TPSA) is 136 Å². The number of nitrogens with zero attached hydrogens (tertiary/aromatic N) is 1. The molecule has 4 N–H and O–H groups in total. The van der Waals surface area contributed by atoms with Gasteiger partial charge in [-0.3, -0.25) is 9.59 Å². The summed E-state index contributed by atoms with van der Waals surface area (Å²) in [6, 6.07) is -2.46. The van der Waals surface area contributed by atoms with Crippen LogP contribution in [0.1, 0.15) is 13.3 Å². The first-order valence-electron chi connectivity index (χ1n) is 5.50. The minimum absolute atomic E-state index is 0.296. The van der Waals surface area contributed by atoms with Gasteiger partial charge in [0.1, 0.15) is 6.04 Å². The first-order chi connectivity index (χ1) is 8.77. The lowest BCUT2D eigenvalue weighted by atomic mass is 10.2. The lowest BCUT2D eigenvalue weighted by molar-refractivity contribution is -0.145. The SMILES string of the molecule is CCN(C)C(=O)CNC(=O)N[C@@H](CC(=O)O)C(=O)O. The molecule has 0 aliphatic heterocycles. The summed E-state index contributed by atoms with van der Waals surface area (Å²) in [5.74, 6) is -3.16.